The number of hydrogen-bond acceptors (Lipinski definition) is 2. The van der Waals surface area contributed by atoms with Crippen molar-refractivity contribution in [3.05, 3.63) is 48.5 Å². The molecule has 0 saturated carbocycles. The first-order valence-electron chi connectivity index (χ1n) is 6.75. The van der Waals surface area contributed by atoms with Crippen LogP contribution in [0.3, 0.4) is 0 Å². The lowest BCUT2D eigenvalue weighted by Crippen LogP contribution is -2.04. The molecule has 2 aromatic carbocycles. The number of anilines is 1. The van der Waals surface area contributed by atoms with Gasteiger partial charge in [-0.2, -0.15) is 0 Å². The van der Waals surface area contributed by atoms with Crippen LogP contribution in [0.2, 0.25) is 0 Å². The zero-order chi connectivity index (χ0) is 13.7. The van der Waals surface area contributed by atoms with Crippen LogP contribution in [0, 0.1) is 0 Å². The Bertz CT molecular complexity index is 905. The highest BCUT2D eigenvalue weighted by Crippen LogP contribution is 2.41. The number of fused-ring (bicyclic) bond motifs is 4. The first kappa shape index (κ1) is 11.3. The molecule has 0 bridgehead atoms. The highest BCUT2D eigenvalue weighted by molar-refractivity contribution is 6.10. The van der Waals surface area contributed by atoms with Gasteiger partial charge in [0.15, 0.2) is 0 Å². The van der Waals surface area contributed by atoms with E-state index < -0.39 is 0 Å². The molecule has 0 aliphatic carbocycles. The van der Waals surface area contributed by atoms with Crippen LogP contribution in [-0.2, 0) is 7.05 Å². The molecule has 4 rings (SSSR count). The van der Waals surface area contributed by atoms with Crippen LogP contribution in [0.4, 0.5) is 5.69 Å². The van der Waals surface area contributed by atoms with Gasteiger partial charge in [0.2, 0.25) is 0 Å². The van der Waals surface area contributed by atoms with Crippen LogP contribution < -0.4 is 5.32 Å². The summed E-state index contributed by atoms with van der Waals surface area (Å²) >= 11 is 0. The SMILES string of the molecule is CNc1c2c3ccccc3nc-2n(C)c2ccccc12. The highest BCUT2D eigenvalue weighted by Gasteiger charge is 2.20. The molecule has 20 heavy (non-hydrogen) atoms. The average molecular weight is 261 g/mol. The summed E-state index contributed by atoms with van der Waals surface area (Å²) in [6.07, 6.45) is 0. The molecule has 3 nitrogen and oxygen atoms in total. The Hall–Kier alpha value is -2.55. The van der Waals surface area contributed by atoms with E-state index in [0.717, 1.165) is 17.0 Å². The molecular formula is C17H15N3. The monoisotopic (exact) mass is 261 g/mol. The third kappa shape index (κ3) is 1.32. The Balaban J connectivity index is 2.34. The maximum absolute atomic E-state index is 4.80. The molecule has 0 amide bonds. The Morgan fingerprint density at radius 2 is 1.65 bits per heavy atom. The number of aryl methyl sites for hydroxylation is 1. The Morgan fingerprint density at radius 1 is 0.950 bits per heavy atom. The van der Waals surface area contributed by atoms with E-state index in [1.807, 2.05) is 13.1 Å². The Labute approximate surface area is 117 Å². The second-order valence-electron chi connectivity index (χ2n) is 5.03. The molecule has 0 fully saturated rings. The molecule has 0 radical (unpaired) electrons. The smallest absolute Gasteiger partial charge is 0.143 e. The predicted octanol–water partition coefficient (Wildman–Crippen LogP) is 3.87. The van der Waals surface area contributed by atoms with Crippen molar-refractivity contribution >= 4 is 27.5 Å². The number of nitrogens with one attached hydrogen (secondary N) is 1. The van der Waals surface area contributed by atoms with Gasteiger partial charge in [-0.1, -0.05) is 36.4 Å². The number of benzene rings is 2. The van der Waals surface area contributed by atoms with Gasteiger partial charge in [0.1, 0.15) is 5.82 Å². The van der Waals surface area contributed by atoms with E-state index in [2.05, 4.69) is 59.4 Å². The van der Waals surface area contributed by atoms with Crippen LogP contribution in [0.15, 0.2) is 48.5 Å². The fourth-order valence-corrected chi connectivity index (χ4v) is 3.05. The number of pyridine rings is 1. The molecule has 0 aromatic heterocycles. The largest absolute Gasteiger partial charge is 0.387 e. The zero-order valence-electron chi connectivity index (χ0n) is 11.5. The van der Waals surface area contributed by atoms with Crippen molar-refractivity contribution in [2.24, 2.45) is 7.05 Å². The van der Waals surface area contributed by atoms with E-state index in [0.29, 0.717) is 0 Å². The Morgan fingerprint density at radius 3 is 2.45 bits per heavy atom. The second kappa shape index (κ2) is 3.97. The van der Waals surface area contributed by atoms with Gasteiger partial charge in [-0.3, -0.25) is 0 Å². The lowest BCUT2D eigenvalue weighted by Gasteiger charge is -2.17. The quantitative estimate of drug-likeness (QED) is 0.563. The van der Waals surface area contributed by atoms with E-state index >= 15 is 0 Å². The van der Waals surface area contributed by atoms with Gasteiger partial charge in [0.25, 0.3) is 0 Å². The molecule has 3 heteroatoms. The summed E-state index contributed by atoms with van der Waals surface area (Å²) < 4.78 is 2.17. The second-order valence-corrected chi connectivity index (χ2v) is 5.03. The standard InChI is InChI=1S/C17H15N3/c1-18-16-12-8-4-6-10-14(12)20(2)17-15(16)11-7-3-5-9-13(11)19-17/h3-10,18H,1-2H3. The van der Waals surface area contributed by atoms with Crippen molar-refractivity contribution in [1.29, 1.82) is 0 Å². The molecule has 0 unspecified atom stereocenters. The fourth-order valence-electron chi connectivity index (χ4n) is 3.05. The van der Waals surface area contributed by atoms with E-state index in [9.17, 15) is 0 Å². The van der Waals surface area contributed by atoms with Gasteiger partial charge in [-0.05, 0) is 12.1 Å². The van der Waals surface area contributed by atoms with E-state index in [1.165, 1.54) is 21.9 Å². The number of hydrogen-bond donors (Lipinski definition) is 1. The zero-order valence-corrected chi connectivity index (χ0v) is 11.5. The highest BCUT2D eigenvalue weighted by atomic mass is 15.0. The number of para-hydroxylation sites is 2. The molecule has 1 N–H and O–H groups in total. The normalized spacial score (nSPS) is 11.5. The van der Waals surface area contributed by atoms with Gasteiger partial charge in [-0.15, -0.1) is 0 Å². The molecule has 0 spiro atoms. The average Bonchev–Trinajstić information content (AvgIpc) is 2.88. The van der Waals surface area contributed by atoms with E-state index in [4.69, 9.17) is 4.98 Å². The van der Waals surface area contributed by atoms with E-state index in [1.54, 1.807) is 0 Å². The first-order valence-corrected chi connectivity index (χ1v) is 6.75. The van der Waals surface area contributed by atoms with Crippen molar-refractivity contribution in [2.75, 3.05) is 12.4 Å². The molecule has 2 aliphatic heterocycles. The summed E-state index contributed by atoms with van der Waals surface area (Å²) in [7, 11) is 4.05. The summed E-state index contributed by atoms with van der Waals surface area (Å²) in [6.45, 7) is 0. The van der Waals surface area contributed by atoms with Crippen molar-refractivity contribution in [1.82, 2.24) is 9.55 Å². The van der Waals surface area contributed by atoms with Gasteiger partial charge in [-0.25, -0.2) is 4.98 Å². The fraction of sp³-hybridized carbons (Fsp3) is 0.118. The van der Waals surface area contributed by atoms with Gasteiger partial charge in [0, 0.05) is 24.9 Å². The molecule has 2 aliphatic rings. The van der Waals surface area contributed by atoms with Gasteiger partial charge < -0.3 is 9.88 Å². The summed E-state index contributed by atoms with van der Waals surface area (Å²) in [6, 6.07) is 16.7. The minimum Gasteiger partial charge on any atom is -0.387 e. The first-order chi connectivity index (χ1) is 9.81. The van der Waals surface area contributed by atoms with E-state index in [-0.39, 0.29) is 0 Å². The lowest BCUT2D eigenvalue weighted by molar-refractivity contribution is 0.939. The van der Waals surface area contributed by atoms with Crippen LogP contribution in [0.5, 0.6) is 0 Å². The third-order valence-electron chi connectivity index (χ3n) is 3.98. The predicted molar refractivity (Wildman–Crippen MR) is 84.4 cm³/mol. The molecular weight excluding hydrogens is 246 g/mol. The number of aromatic nitrogens is 2. The summed E-state index contributed by atoms with van der Waals surface area (Å²) in [5.74, 6) is 1.02. The maximum Gasteiger partial charge on any atom is 0.143 e. The van der Waals surface area contributed by atoms with Crippen molar-refractivity contribution in [2.45, 2.75) is 0 Å². The van der Waals surface area contributed by atoms with Crippen LogP contribution in [0.25, 0.3) is 33.2 Å². The topological polar surface area (TPSA) is 29.9 Å². The minimum absolute atomic E-state index is 1.02. The van der Waals surface area contributed by atoms with Crippen LogP contribution in [-0.4, -0.2) is 16.6 Å². The number of rotatable bonds is 1. The summed E-state index contributed by atoms with van der Waals surface area (Å²) in [5.41, 5.74) is 4.59. The molecule has 0 atom stereocenters. The van der Waals surface area contributed by atoms with Crippen LogP contribution >= 0.6 is 0 Å². The minimum atomic E-state index is 1.02. The third-order valence-corrected chi connectivity index (χ3v) is 3.98. The van der Waals surface area contributed by atoms with Crippen molar-refractivity contribution < 1.29 is 0 Å². The van der Waals surface area contributed by atoms with Crippen molar-refractivity contribution in [3.8, 4) is 11.4 Å². The van der Waals surface area contributed by atoms with Crippen molar-refractivity contribution in [3.63, 3.8) is 0 Å². The Kier molecular flexibility index (Phi) is 2.24. The molecule has 2 heterocycles. The van der Waals surface area contributed by atoms with Gasteiger partial charge in [0.05, 0.1) is 22.3 Å². The summed E-state index contributed by atoms with van der Waals surface area (Å²) in [4.78, 5) is 4.80. The van der Waals surface area contributed by atoms with Crippen LogP contribution in [0.1, 0.15) is 0 Å². The van der Waals surface area contributed by atoms with Gasteiger partial charge >= 0.3 is 0 Å². The number of nitrogens with zero attached hydrogens (tertiary/aromatic N) is 2. The summed E-state index contributed by atoms with van der Waals surface area (Å²) in [5, 5.41) is 5.79. The molecule has 2 aromatic rings. The maximum atomic E-state index is 4.80. The lowest BCUT2D eigenvalue weighted by atomic mass is 10.0. The molecule has 0 saturated heterocycles. The molecule has 98 valence electrons.